The second-order valence-electron chi connectivity index (χ2n) is 6.73. The van der Waals surface area contributed by atoms with Crippen LogP contribution in [-0.4, -0.2) is 17.0 Å². The van der Waals surface area contributed by atoms with E-state index in [4.69, 9.17) is 0 Å². The Kier molecular flexibility index (Phi) is 3.41. The number of carboxylic acid groups (broad SMARTS) is 1. The molecule has 4 heteroatoms. The molecule has 0 radical (unpaired) electrons. The van der Waals surface area contributed by atoms with Crippen LogP contribution in [0.15, 0.2) is 42.5 Å². The lowest BCUT2D eigenvalue weighted by molar-refractivity contribution is -0.143. The lowest BCUT2D eigenvalue weighted by Crippen LogP contribution is -2.32. The van der Waals surface area contributed by atoms with Gasteiger partial charge in [0.15, 0.2) is 0 Å². The molecule has 2 aromatic rings. The van der Waals surface area contributed by atoms with Crippen LogP contribution in [-0.2, 0) is 16.8 Å². The number of hydrogen-bond acceptors (Lipinski definition) is 2. The van der Waals surface area contributed by atoms with E-state index in [9.17, 15) is 14.7 Å². The van der Waals surface area contributed by atoms with Gasteiger partial charge < -0.3 is 10.4 Å². The highest BCUT2D eigenvalue weighted by Gasteiger charge is 2.42. The molecule has 1 aliphatic heterocycles. The van der Waals surface area contributed by atoms with Gasteiger partial charge in [-0.25, -0.2) is 0 Å². The summed E-state index contributed by atoms with van der Waals surface area (Å²) in [6, 6.07) is 13.7. The summed E-state index contributed by atoms with van der Waals surface area (Å²) in [6.45, 7) is 0.556. The van der Waals surface area contributed by atoms with Crippen LogP contribution in [0, 0.1) is 0 Å². The Morgan fingerprint density at radius 1 is 1.04 bits per heavy atom. The Morgan fingerprint density at radius 3 is 2.54 bits per heavy atom. The Morgan fingerprint density at radius 2 is 1.79 bits per heavy atom. The maximum atomic E-state index is 11.9. The van der Waals surface area contributed by atoms with E-state index in [0.717, 1.165) is 40.7 Å². The number of carboxylic acids is 1. The highest BCUT2D eigenvalue weighted by atomic mass is 16.4. The minimum Gasteiger partial charge on any atom is -0.481 e. The van der Waals surface area contributed by atoms with Gasteiger partial charge in [0.2, 0.25) is 0 Å². The Hall–Kier alpha value is -2.62. The fraction of sp³-hybridized carbons (Fsp3) is 0.300. The minimum atomic E-state index is -0.746. The van der Waals surface area contributed by atoms with Crippen molar-refractivity contribution in [3.05, 3.63) is 59.2 Å². The molecule has 0 bridgehead atoms. The first-order valence-electron chi connectivity index (χ1n) is 8.36. The van der Waals surface area contributed by atoms with Crippen LogP contribution in [0.3, 0.4) is 0 Å². The molecule has 4 rings (SSSR count). The third-order valence-electron chi connectivity index (χ3n) is 5.40. The molecule has 1 aliphatic carbocycles. The maximum Gasteiger partial charge on any atom is 0.314 e. The largest absolute Gasteiger partial charge is 0.481 e. The zero-order chi connectivity index (χ0) is 16.7. The molecule has 122 valence electrons. The van der Waals surface area contributed by atoms with Crippen LogP contribution < -0.4 is 5.32 Å². The lowest BCUT2D eigenvalue weighted by atomic mass is 9.78. The summed E-state index contributed by atoms with van der Waals surface area (Å²) < 4.78 is 0. The summed E-state index contributed by atoms with van der Waals surface area (Å²) in [5.41, 5.74) is 3.89. The molecule has 1 amide bonds. The number of nitrogens with one attached hydrogen (secondary N) is 1. The topological polar surface area (TPSA) is 66.4 Å². The van der Waals surface area contributed by atoms with E-state index in [-0.39, 0.29) is 5.91 Å². The van der Waals surface area contributed by atoms with Crippen molar-refractivity contribution >= 4 is 11.9 Å². The van der Waals surface area contributed by atoms with Gasteiger partial charge in [0, 0.05) is 12.1 Å². The quantitative estimate of drug-likeness (QED) is 0.909. The van der Waals surface area contributed by atoms with E-state index < -0.39 is 11.4 Å². The molecule has 2 N–H and O–H groups in total. The smallest absolute Gasteiger partial charge is 0.314 e. The zero-order valence-corrected chi connectivity index (χ0v) is 13.3. The van der Waals surface area contributed by atoms with Crippen molar-refractivity contribution in [2.45, 2.75) is 37.6 Å². The molecule has 0 aromatic heterocycles. The predicted molar refractivity (Wildman–Crippen MR) is 90.8 cm³/mol. The number of carbonyl (C=O) groups is 2. The molecule has 1 saturated carbocycles. The van der Waals surface area contributed by atoms with Gasteiger partial charge in [-0.05, 0) is 47.2 Å². The van der Waals surface area contributed by atoms with E-state index in [1.807, 2.05) is 42.5 Å². The van der Waals surface area contributed by atoms with Gasteiger partial charge in [-0.15, -0.1) is 0 Å². The molecule has 0 atom stereocenters. The second-order valence-corrected chi connectivity index (χ2v) is 6.73. The summed E-state index contributed by atoms with van der Waals surface area (Å²) in [4.78, 5) is 23.6. The molecule has 1 fully saturated rings. The summed E-state index contributed by atoms with van der Waals surface area (Å²) >= 11 is 0. The van der Waals surface area contributed by atoms with E-state index in [1.54, 1.807) is 0 Å². The highest BCUT2D eigenvalue weighted by Crippen LogP contribution is 2.42. The van der Waals surface area contributed by atoms with Crippen LogP contribution in [0.5, 0.6) is 0 Å². The third-order valence-corrected chi connectivity index (χ3v) is 5.40. The number of carbonyl (C=O) groups excluding carboxylic acids is 1. The van der Waals surface area contributed by atoms with Crippen molar-refractivity contribution in [3.8, 4) is 11.1 Å². The predicted octanol–water partition coefficient (Wildman–Crippen LogP) is 3.49. The molecule has 24 heavy (non-hydrogen) atoms. The van der Waals surface area contributed by atoms with Crippen LogP contribution in [0.25, 0.3) is 11.1 Å². The number of amides is 1. The van der Waals surface area contributed by atoms with Crippen molar-refractivity contribution in [1.82, 2.24) is 5.32 Å². The molecule has 2 aromatic carbocycles. The number of aliphatic carboxylic acids is 1. The molecular weight excluding hydrogens is 302 g/mol. The van der Waals surface area contributed by atoms with Gasteiger partial charge in [-0.1, -0.05) is 43.2 Å². The molecule has 0 unspecified atom stereocenters. The number of benzene rings is 2. The van der Waals surface area contributed by atoms with Crippen LogP contribution in [0.2, 0.25) is 0 Å². The van der Waals surface area contributed by atoms with Crippen molar-refractivity contribution in [2.24, 2.45) is 0 Å². The van der Waals surface area contributed by atoms with E-state index in [1.165, 1.54) is 0 Å². The first-order chi connectivity index (χ1) is 11.6. The van der Waals surface area contributed by atoms with E-state index in [0.29, 0.717) is 19.4 Å². The summed E-state index contributed by atoms with van der Waals surface area (Å²) in [7, 11) is 0. The molecule has 0 spiro atoms. The van der Waals surface area contributed by atoms with Crippen LogP contribution >= 0.6 is 0 Å². The highest BCUT2D eigenvalue weighted by molar-refractivity contribution is 5.99. The van der Waals surface area contributed by atoms with Gasteiger partial charge in [0.05, 0.1) is 5.41 Å². The normalized spacial score (nSPS) is 18.2. The molecular formula is C20H19NO3. The van der Waals surface area contributed by atoms with Gasteiger partial charge in [-0.2, -0.15) is 0 Å². The molecule has 4 nitrogen and oxygen atoms in total. The molecule has 0 saturated heterocycles. The SMILES string of the molecule is O=C1NCc2cc(-c3cccc(C4(C(=O)O)CCCC4)c3)ccc21. The maximum absolute atomic E-state index is 11.9. The number of fused-ring (bicyclic) bond motifs is 1. The Labute approximate surface area is 140 Å². The van der Waals surface area contributed by atoms with Crippen LogP contribution in [0.1, 0.15) is 47.2 Å². The lowest BCUT2D eigenvalue weighted by Gasteiger charge is -2.25. The fourth-order valence-corrected chi connectivity index (χ4v) is 4.01. The molecule has 2 aliphatic rings. The first-order valence-corrected chi connectivity index (χ1v) is 8.36. The summed E-state index contributed by atoms with van der Waals surface area (Å²) in [5, 5.41) is 12.6. The second kappa shape index (κ2) is 5.48. The fourth-order valence-electron chi connectivity index (χ4n) is 4.01. The van der Waals surface area contributed by atoms with Crippen molar-refractivity contribution in [3.63, 3.8) is 0 Å². The van der Waals surface area contributed by atoms with Gasteiger partial charge in [-0.3, -0.25) is 9.59 Å². The summed E-state index contributed by atoms with van der Waals surface area (Å²) in [5.74, 6) is -0.748. The Balaban J connectivity index is 1.76. The van der Waals surface area contributed by atoms with Gasteiger partial charge >= 0.3 is 5.97 Å². The number of hydrogen-bond donors (Lipinski definition) is 2. The molecule has 1 heterocycles. The van der Waals surface area contributed by atoms with E-state index >= 15 is 0 Å². The van der Waals surface area contributed by atoms with E-state index in [2.05, 4.69) is 5.32 Å². The van der Waals surface area contributed by atoms with Crippen molar-refractivity contribution < 1.29 is 14.7 Å². The van der Waals surface area contributed by atoms with Gasteiger partial charge in [0.1, 0.15) is 0 Å². The van der Waals surface area contributed by atoms with Crippen molar-refractivity contribution in [1.29, 1.82) is 0 Å². The monoisotopic (exact) mass is 321 g/mol. The average Bonchev–Trinajstić information content (AvgIpc) is 3.23. The minimum absolute atomic E-state index is 0.0268. The van der Waals surface area contributed by atoms with Crippen LogP contribution in [0.4, 0.5) is 0 Å². The standard InChI is InChI=1S/C20H19NO3/c22-18-17-7-6-14(10-15(17)12-21-18)13-4-3-5-16(11-13)20(19(23)24)8-1-2-9-20/h3-7,10-11H,1-2,8-9,12H2,(H,21,22)(H,23,24). The Bertz CT molecular complexity index is 835. The summed E-state index contributed by atoms with van der Waals surface area (Å²) in [6.07, 6.45) is 3.33. The van der Waals surface area contributed by atoms with Crippen molar-refractivity contribution in [2.75, 3.05) is 0 Å². The first kappa shape index (κ1) is 14.9. The zero-order valence-electron chi connectivity index (χ0n) is 13.3. The average molecular weight is 321 g/mol. The number of rotatable bonds is 3. The van der Waals surface area contributed by atoms with Gasteiger partial charge in [0.25, 0.3) is 5.91 Å². The third kappa shape index (κ3) is 2.21.